The summed E-state index contributed by atoms with van der Waals surface area (Å²) in [5.74, 6) is 2.02. The molecule has 0 saturated heterocycles. The second kappa shape index (κ2) is 7.15. The maximum atomic E-state index is 5.99. The van der Waals surface area contributed by atoms with Gasteiger partial charge in [-0.25, -0.2) is 0 Å². The Morgan fingerprint density at radius 2 is 2.00 bits per heavy atom. The number of rotatable bonds is 6. The smallest absolute Gasteiger partial charge is 0.228 e. The van der Waals surface area contributed by atoms with Crippen LogP contribution in [0.3, 0.4) is 0 Å². The summed E-state index contributed by atoms with van der Waals surface area (Å²) < 4.78 is 10.5. The van der Waals surface area contributed by atoms with Crippen LogP contribution in [0.1, 0.15) is 22.9 Å². The van der Waals surface area contributed by atoms with Gasteiger partial charge in [0.1, 0.15) is 5.76 Å². The Hall–Kier alpha value is -2.18. The molecule has 7 heteroatoms. The van der Waals surface area contributed by atoms with Crippen LogP contribution in [0.2, 0.25) is 5.02 Å². The Kier molecular flexibility index (Phi) is 4.97. The van der Waals surface area contributed by atoms with Crippen molar-refractivity contribution in [1.29, 1.82) is 0 Å². The number of likely N-dealkylation sites (N-methyl/N-ethyl adjacent to an activating group) is 1. The van der Waals surface area contributed by atoms with Crippen molar-refractivity contribution in [3.05, 3.63) is 52.2 Å². The van der Waals surface area contributed by atoms with Crippen molar-refractivity contribution in [3.63, 3.8) is 0 Å². The van der Waals surface area contributed by atoms with Gasteiger partial charge >= 0.3 is 0 Å². The third kappa shape index (κ3) is 3.83. The highest BCUT2D eigenvalue weighted by Crippen LogP contribution is 2.20. The second-order valence-corrected chi connectivity index (χ2v) is 6.25. The van der Waals surface area contributed by atoms with Gasteiger partial charge in [0.15, 0.2) is 0 Å². The molecule has 0 aliphatic rings. The van der Waals surface area contributed by atoms with Crippen LogP contribution in [0.15, 0.2) is 33.3 Å². The number of benzene rings is 1. The first-order valence-corrected chi connectivity index (χ1v) is 8.09. The molecule has 126 valence electrons. The first-order chi connectivity index (χ1) is 11.5. The summed E-state index contributed by atoms with van der Waals surface area (Å²) in [6.45, 7) is 5.45. The van der Waals surface area contributed by atoms with Crippen LogP contribution in [0.5, 0.6) is 0 Å². The van der Waals surface area contributed by atoms with E-state index in [4.69, 9.17) is 20.6 Å². The van der Waals surface area contributed by atoms with Crippen molar-refractivity contribution < 1.29 is 9.05 Å². The normalized spacial score (nSPS) is 11.4. The molecular formula is C17H19ClN4O2. The number of aromatic nitrogens is 3. The summed E-state index contributed by atoms with van der Waals surface area (Å²) >= 11 is 5.99. The highest BCUT2D eigenvalue weighted by Gasteiger charge is 2.13. The predicted molar refractivity (Wildman–Crippen MR) is 90.8 cm³/mol. The molecular weight excluding hydrogens is 328 g/mol. The quantitative estimate of drug-likeness (QED) is 0.678. The van der Waals surface area contributed by atoms with Gasteiger partial charge in [0.05, 0.1) is 5.69 Å². The van der Waals surface area contributed by atoms with Crippen LogP contribution in [0.25, 0.3) is 11.4 Å². The molecule has 3 aromatic rings. The van der Waals surface area contributed by atoms with Gasteiger partial charge in [-0.05, 0) is 33.0 Å². The van der Waals surface area contributed by atoms with Crippen molar-refractivity contribution in [1.82, 2.24) is 20.2 Å². The minimum atomic E-state index is 0.556. The summed E-state index contributed by atoms with van der Waals surface area (Å²) in [5, 5.41) is 8.65. The zero-order chi connectivity index (χ0) is 17.1. The highest BCUT2D eigenvalue weighted by atomic mass is 35.5. The molecule has 24 heavy (non-hydrogen) atoms. The molecule has 1 aromatic carbocycles. The van der Waals surface area contributed by atoms with Gasteiger partial charge in [0.2, 0.25) is 11.7 Å². The highest BCUT2D eigenvalue weighted by molar-refractivity contribution is 6.30. The molecule has 0 aliphatic heterocycles. The molecule has 0 amide bonds. The van der Waals surface area contributed by atoms with E-state index in [9.17, 15) is 0 Å². The van der Waals surface area contributed by atoms with Crippen LogP contribution in [0, 0.1) is 13.8 Å². The Labute approximate surface area is 145 Å². The Bertz CT molecular complexity index is 808. The molecule has 2 heterocycles. The number of halogens is 1. The van der Waals surface area contributed by atoms with Crippen molar-refractivity contribution in [2.75, 3.05) is 13.6 Å². The van der Waals surface area contributed by atoms with Crippen LogP contribution in [-0.4, -0.2) is 33.8 Å². The van der Waals surface area contributed by atoms with Crippen LogP contribution in [0.4, 0.5) is 0 Å². The molecule has 0 aliphatic carbocycles. The van der Waals surface area contributed by atoms with Gasteiger partial charge in [-0.1, -0.05) is 34.0 Å². The standard InChI is InChI=1S/C17H19ClN4O2/c1-11-15(12(2)23-20-11)10-22(3)8-7-16-19-17(21-24-16)13-5-4-6-14(18)9-13/h4-6,9H,7-8,10H2,1-3H3. The summed E-state index contributed by atoms with van der Waals surface area (Å²) in [5.41, 5.74) is 2.91. The average molecular weight is 347 g/mol. The van der Waals surface area contributed by atoms with Gasteiger partial charge < -0.3 is 13.9 Å². The van der Waals surface area contributed by atoms with Crippen molar-refractivity contribution in [3.8, 4) is 11.4 Å². The van der Waals surface area contributed by atoms with E-state index >= 15 is 0 Å². The lowest BCUT2D eigenvalue weighted by atomic mass is 10.2. The maximum Gasteiger partial charge on any atom is 0.228 e. The summed E-state index contributed by atoms with van der Waals surface area (Å²) in [6.07, 6.45) is 0.674. The van der Waals surface area contributed by atoms with E-state index in [0.29, 0.717) is 23.2 Å². The van der Waals surface area contributed by atoms with Gasteiger partial charge in [-0.15, -0.1) is 0 Å². The van der Waals surface area contributed by atoms with E-state index in [-0.39, 0.29) is 0 Å². The fourth-order valence-corrected chi connectivity index (χ4v) is 2.65. The zero-order valence-electron chi connectivity index (χ0n) is 13.9. The fraction of sp³-hybridized carbons (Fsp3) is 0.353. The molecule has 0 bridgehead atoms. The summed E-state index contributed by atoms with van der Waals surface area (Å²) in [7, 11) is 2.04. The molecule has 3 rings (SSSR count). The number of hydrogen-bond donors (Lipinski definition) is 0. The van der Waals surface area contributed by atoms with E-state index in [1.807, 2.05) is 45.2 Å². The average Bonchev–Trinajstić information content (AvgIpc) is 3.15. The third-order valence-corrected chi connectivity index (χ3v) is 4.10. The lowest BCUT2D eigenvalue weighted by Gasteiger charge is -2.14. The lowest BCUT2D eigenvalue weighted by Crippen LogP contribution is -2.21. The van der Waals surface area contributed by atoms with Crippen LogP contribution < -0.4 is 0 Å². The monoisotopic (exact) mass is 346 g/mol. The van der Waals surface area contributed by atoms with Gasteiger partial charge in [0.25, 0.3) is 0 Å². The van der Waals surface area contributed by atoms with E-state index in [1.54, 1.807) is 0 Å². The van der Waals surface area contributed by atoms with E-state index < -0.39 is 0 Å². The Morgan fingerprint density at radius 1 is 1.17 bits per heavy atom. The minimum absolute atomic E-state index is 0.556. The summed E-state index contributed by atoms with van der Waals surface area (Å²) in [6, 6.07) is 7.41. The molecule has 0 unspecified atom stereocenters. The second-order valence-electron chi connectivity index (χ2n) is 5.81. The number of hydrogen-bond acceptors (Lipinski definition) is 6. The van der Waals surface area contributed by atoms with E-state index in [1.165, 1.54) is 0 Å². The van der Waals surface area contributed by atoms with Gasteiger partial charge in [-0.3, -0.25) is 0 Å². The SMILES string of the molecule is Cc1noc(C)c1CN(C)CCc1nc(-c2cccc(Cl)c2)no1. The molecule has 0 radical (unpaired) electrons. The number of nitrogens with zero attached hydrogens (tertiary/aromatic N) is 4. The maximum absolute atomic E-state index is 5.99. The third-order valence-electron chi connectivity index (χ3n) is 3.87. The zero-order valence-corrected chi connectivity index (χ0v) is 14.7. The molecule has 0 saturated carbocycles. The molecule has 6 nitrogen and oxygen atoms in total. The van der Waals surface area contributed by atoms with Crippen LogP contribution >= 0.6 is 11.6 Å². The largest absolute Gasteiger partial charge is 0.361 e. The van der Waals surface area contributed by atoms with E-state index in [0.717, 1.165) is 35.7 Å². The molecule has 0 spiro atoms. The molecule has 0 fully saturated rings. The first kappa shape index (κ1) is 16.7. The Balaban J connectivity index is 1.59. The first-order valence-electron chi connectivity index (χ1n) is 7.71. The lowest BCUT2D eigenvalue weighted by molar-refractivity contribution is 0.301. The summed E-state index contributed by atoms with van der Waals surface area (Å²) in [4.78, 5) is 6.61. The van der Waals surface area contributed by atoms with Gasteiger partial charge in [0, 0.05) is 35.7 Å². The number of aryl methyl sites for hydroxylation is 2. The predicted octanol–water partition coefficient (Wildman–Crippen LogP) is 3.67. The Morgan fingerprint density at radius 3 is 2.71 bits per heavy atom. The molecule has 0 atom stereocenters. The van der Waals surface area contributed by atoms with Gasteiger partial charge in [-0.2, -0.15) is 4.98 Å². The van der Waals surface area contributed by atoms with E-state index in [2.05, 4.69) is 20.2 Å². The minimum Gasteiger partial charge on any atom is -0.361 e. The molecule has 2 aromatic heterocycles. The van der Waals surface area contributed by atoms with Crippen LogP contribution in [-0.2, 0) is 13.0 Å². The van der Waals surface area contributed by atoms with Crippen molar-refractivity contribution in [2.45, 2.75) is 26.8 Å². The van der Waals surface area contributed by atoms with Crippen molar-refractivity contribution in [2.24, 2.45) is 0 Å². The topological polar surface area (TPSA) is 68.2 Å². The van der Waals surface area contributed by atoms with Crippen molar-refractivity contribution >= 4 is 11.6 Å². The molecule has 0 N–H and O–H groups in total. The fourth-order valence-electron chi connectivity index (χ4n) is 2.46.